The van der Waals surface area contributed by atoms with Crippen LogP contribution in [-0.4, -0.2) is 25.2 Å². The lowest BCUT2D eigenvalue weighted by atomic mass is 10.3. The van der Waals surface area contributed by atoms with E-state index in [0.717, 1.165) is 0 Å². The summed E-state index contributed by atoms with van der Waals surface area (Å²) in [5.74, 6) is -0.213. The van der Waals surface area contributed by atoms with Crippen molar-refractivity contribution in [2.45, 2.75) is 20.0 Å². The van der Waals surface area contributed by atoms with Gasteiger partial charge in [0, 0.05) is 6.54 Å². The fourth-order valence-corrected chi connectivity index (χ4v) is 1.26. The molecule has 0 spiro atoms. The van der Waals surface area contributed by atoms with Crippen molar-refractivity contribution < 1.29 is 13.9 Å². The Labute approximate surface area is 100 Å². The van der Waals surface area contributed by atoms with E-state index in [-0.39, 0.29) is 17.9 Å². The van der Waals surface area contributed by atoms with Gasteiger partial charge in [-0.3, -0.25) is 0 Å². The number of halogens is 1. The van der Waals surface area contributed by atoms with Gasteiger partial charge in [-0.1, -0.05) is 12.1 Å². The van der Waals surface area contributed by atoms with E-state index >= 15 is 0 Å². The second-order valence-electron chi connectivity index (χ2n) is 3.60. The highest BCUT2D eigenvalue weighted by Gasteiger charge is 2.08. The summed E-state index contributed by atoms with van der Waals surface area (Å²) >= 11 is 0. The SMILES string of the molecule is CCNC(=O)NC[C@H](C)Oc1ccccc1F. The maximum atomic E-state index is 13.2. The molecule has 94 valence electrons. The lowest BCUT2D eigenvalue weighted by molar-refractivity contribution is 0.201. The van der Waals surface area contributed by atoms with Gasteiger partial charge in [0.15, 0.2) is 11.6 Å². The number of benzene rings is 1. The van der Waals surface area contributed by atoms with Crippen LogP contribution in [-0.2, 0) is 0 Å². The topological polar surface area (TPSA) is 50.4 Å². The highest BCUT2D eigenvalue weighted by Crippen LogP contribution is 2.16. The van der Waals surface area contributed by atoms with Crippen molar-refractivity contribution in [1.29, 1.82) is 0 Å². The minimum atomic E-state index is -0.405. The molecule has 17 heavy (non-hydrogen) atoms. The molecule has 0 unspecified atom stereocenters. The molecule has 1 aromatic rings. The summed E-state index contributed by atoms with van der Waals surface area (Å²) in [5, 5.41) is 5.22. The molecule has 0 aromatic heterocycles. The number of nitrogens with one attached hydrogen (secondary N) is 2. The highest BCUT2D eigenvalue weighted by atomic mass is 19.1. The summed E-state index contributed by atoms with van der Waals surface area (Å²) < 4.78 is 18.6. The predicted octanol–water partition coefficient (Wildman–Crippen LogP) is 1.91. The molecule has 2 N–H and O–H groups in total. The van der Waals surface area contributed by atoms with Crippen LogP contribution in [0.2, 0.25) is 0 Å². The molecule has 1 atom stereocenters. The van der Waals surface area contributed by atoms with Gasteiger partial charge in [0.25, 0.3) is 0 Å². The first-order valence-corrected chi connectivity index (χ1v) is 5.56. The summed E-state index contributed by atoms with van der Waals surface area (Å²) in [6.45, 7) is 4.48. The summed E-state index contributed by atoms with van der Waals surface area (Å²) in [5.41, 5.74) is 0. The predicted molar refractivity (Wildman–Crippen MR) is 63.6 cm³/mol. The van der Waals surface area contributed by atoms with E-state index in [1.165, 1.54) is 6.07 Å². The minimum absolute atomic E-state index is 0.192. The Kier molecular flexibility index (Phi) is 5.26. The second kappa shape index (κ2) is 6.73. The fourth-order valence-electron chi connectivity index (χ4n) is 1.26. The van der Waals surface area contributed by atoms with Crippen LogP contribution in [0.5, 0.6) is 5.75 Å². The van der Waals surface area contributed by atoms with Crippen molar-refractivity contribution in [1.82, 2.24) is 10.6 Å². The van der Waals surface area contributed by atoms with Crippen LogP contribution < -0.4 is 15.4 Å². The van der Waals surface area contributed by atoms with Crippen LogP contribution in [0.4, 0.5) is 9.18 Å². The summed E-state index contributed by atoms with van der Waals surface area (Å²) in [6, 6.07) is 5.93. The first kappa shape index (κ1) is 13.3. The number of para-hydroxylation sites is 1. The summed E-state index contributed by atoms with van der Waals surface area (Å²) in [7, 11) is 0. The van der Waals surface area contributed by atoms with Crippen molar-refractivity contribution in [3.8, 4) is 5.75 Å². The lowest BCUT2D eigenvalue weighted by Gasteiger charge is -2.15. The van der Waals surface area contributed by atoms with E-state index in [1.54, 1.807) is 25.1 Å². The molecule has 0 saturated heterocycles. The average Bonchev–Trinajstić information content (AvgIpc) is 2.30. The zero-order valence-corrected chi connectivity index (χ0v) is 10.00. The van der Waals surface area contributed by atoms with Gasteiger partial charge in [0.1, 0.15) is 6.10 Å². The third-order valence-corrected chi connectivity index (χ3v) is 2.05. The van der Waals surface area contributed by atoms with Crippen molar-refractivity contribution >= 4 is 6.03 Å². The maximum absolute atomic E-state index is 13.2. The van der Waals surface area contributed by atoms with Crippen LogP contribution in [0.25, 0.3) is 0 Å². The number of rotatable bonds is 5. The Hall–Kier alpha value is -1.78. The molecular formula is C12H17FN2O2. The third kappa shape index (κ3) is 4.72. The van der Waals surface area contributed by atoms with E-state index in [2.05, 4.69) is 10.6 Å². The molecule has 5 heteroatoms. The van der Waals surface area contributed by atoms with Gasteiger partial charge in [-0.2, -0.15) is 0 Å². The Bertz CT molecular complexity index is 371. The van der Waals surface area contributed by atoms with Crippen LogP contribution in [0.3, 0.4) is 0 Å². The molecule has 0 aliphatic carbocycles. The number of carbonyl (C=O) groups excluding carboxylic acids is 1. The molecule has 0 heterocycles. The monoisotopic (exact) mass is 240 g/mol. The third-order valence-electron chi connectivity index (χ3n) is 2.05. The van der Waals surface area contributed by atoms with Gasteiger partial charge < -0.3 is 15.4 Å². The van der Waals surface area contributed by atoms with Gasteiger partial charge >= 0.3 is 6.03 Å². The zero-order valence-electron chi connectivity index (χ0n) is 10.00. The van der Waals surface area contributed by atoms with Gasteiger partial charge in [0.05, 0.1) is 6.54 Å². The smallest absolute Gasteiger partial charge is 0.314 e. The molecule has 0 aliphatic heterocycles. The number of carbonyl (C=O) groups is 1. The van der Waals surface area contributed by atoms with Crippen molar-refractivity contribution in [2.24, 2.45) is 0 Å². The molecule has 4 nitrogen and oxygen atoms in total. The van der Waals surface area contributed by atoms with E-state index in [1.807, 2.05) is 6.92 Å². The number of ether oxygens (including phenoxy) is 1. The number of amides is 2. The lowest BCUT2D eigenvalue weighted by Crippen LogP contribution is -2.40. The first-order chi connectivity index (χ1) is 8.13. The summed E-state index contributed by atoms with van der Waals surface area (Å²) in [4.78, 5) is 11.1. The van der Waals surface area contributed by atoms with Crippen molar-refractivity contribution in [3.63, 3.8) is 0 Å². The molecule has 0 saturated carbocycles. The Balaban J connectivity index is 2.37. The van der Waals surface area contributed by atoms with E-state index in [4.69, 9.17) is 4.74 Å². The average molecular weight is 240 g/mol. The Morgan fingerprint density at radius 2 is 2.12 bits per heavy atom. The van der Waals surface area contributed by atoms with Crippen LogP contribution in [0.1, 0.15) is 13.8 Å². The molecule has 0 fully saturated rings. The quantitative estimate of drug-likeness (QED) is 0.826. The van der Waals surface area contributed by atoms with E-state index in [0.29, 0.717) is 13.1 Å². The fraction of sp³-hybridized carbons (Fsp3) is 0.417. The first-order valence-electron chi connectivity index (χ1n) is 5.56. The van der Waals surface area contributed by atoms with Crippen LogP contribution >= 0.6 is 0 Å². The van der Waals surface area contributed by atoms with Crippen LogP contribution in [0, 0.1) is 5.82 Å². The molecule has 0 aliphatic rings. The number of hydrogen-bond acceptors (Lipinski definition) is 2. The molecule has 1 aromatic carbocycles. The van der Waals surface area contributed by atoms with Crippen LogP contribution in [0.15, 0.2) is 24.3 Å². The molecule has 0 radical (unpaired) electrons. The van der Waals surface area contributed by atoms with Crippen molar-refractivity contribution in [2.75, 3.05) is 13.1 Å². The normalized spacial score (nSPS) is 11.7. The standard InChI is InChI=1S/C12H17FN2O2/c1-3-14-12(16)15-8-9(2)17-11-7-5-4-6-10(11)13/h4-7,9H,3,8H2,1-2H3,(H2,14,15,16)/t9-/m0/s1. The van der Waals surface area contributed by atoms with Gasteiger partial charge in [-0.25, -0.2) is 9.18 Å². The second-order valence-corrected chi connectivity index (χ2v) is 3.60. The number of hydrogen-bond donors (Lipinski definition) is 2. The van der Waals surface area contributed by atoms with Gasteiger partial charge in [-0.15, -0.1) is 0 Å². The van der Waals surface area contributed by atoms with Gasteiger partial charge in [0.2, 0.25) is 0 Å². The zero-order chi connectivity index (χ0) is 12.7. The van der Waals surface area contributed by atoms with E-state index < -0.39 is 5.82 Å². The Morgan fingerprint density at radius 1 is 1.41 bits per heavy atom. The Morgan fingerprint density at radius 3 is 2.76 bits per heavy atom. The molecular weight excluding hydrogens is 223 g/mol. The molecule has 2 amide bonds. The highest BCUT2D eigenvalue weighted by molar-refractivity contribution is 5.73. The molecule has 1 rings (SSSR count). The summed E-state index contributed by atoms with van der Waals surface area (Å²) in [6.07, 6.45) is -0.297. The minimum Gasteiger partial charge on any atom is -0.486 e. The molecule has 0 bridgehead atoms. The maximum Gasteiger partial charge on any atom is 0.314 e. The largest absolute Gasteiger partial charge is 0.486 e. The van der Waals surface area contributed by atoms with Crippen molar-refractivity contribution in [3.05, 3.63) is 30.1 Å². The van der Waals surface area contributed by atoms with Gasteiger partial charge in [-0.05, 0) is 26.0 Å². The number of urea groups is 1. The van der Waals surface area contributed by atoms with E-state index in [9.17, 15) is 9.18 Å².